The first kappa shape index (κ1) is 19.1. The standard InChI is InChI=1S/C23H14ClFN2O4/c24-14-2-1-3-17(10-14)27-22(28)20(13-4-6-15(25)7-5-13)21(23(27)29)26-16-8-9-18-19(11-16)31-12-30-18/h1-11,26H,12H2. The van der Waals surface area contributed by atoms with Crippen LogP contribution in [0, 0.1) is 5.82 Å². The molecule has 0 atom stereocenters. The van der Waals surface area contributed by atoms with Crippen molar-refractivity contribution in [3.05, 3.63) is 88.8 Å². The molecule has 2 aliphatic heterocycles. The normalized spacial score (nSPS) is 15.1. The molecule has 0 spiro atoms. The number of nitrogens with zero attached hydrogens (tertiary/aromatic N) is 1. The number of imide groups is 1. The number of ether oxygens (including phenoxy) is 2. The van der Waals surface area contributed by atoms with Crippen LogP contribution >= 0.6 is 11.6 Å². The predicted molar refractivity (Wildman–Crippen MR) is 113 cm³/mol. The van der Waals surface area contributed by atoms with Gasteiger partial charge in [-0.15, -0.1) is 0 Å². The summed E-state index contributed by atoms with van der Waals surface area (Å²) in [6.07, 6.45) is 0. The Morgan fingerprint density at radius 3 is 2.45 bits per heavy atom. The SMILES string of the molecule is O=C1C(Nc2ccc3c(c2)OCO3)=C(c2ccc(F)cc2)C(=O)N1c1cccc(Cl)c1. The van der Waals surface area contributed by atoms with Gasteiger partial charge in [-0.25, -0.2) is 9.29 Å². The summed E-state index contributed by atoms with van der Waals surface area (Å²) in [7, 11) is 0. The van der Waals surface area contributed by atoms with Crippen molar-refractivity contribution < 1.29 is 23.5 Å². The molecule has 0 unspecified atom stereocenters. The molecule has 154 valence electrons. The number of anilines is 2. The van der Waals surface area contributed by atoms with Crippen molar-refractivity contribution in [3.63, 3.8) is 0 Å². The summed E-state index contributed by atoms with van der Waals surface area (Å²) in [6.45, 7) is 0.113. The van der Waals surface area contributed by atoms with E-state index in [1.165, 1.54) is 30.3 Å². The molecule has 5 rings (SSSR count). The lowest BCUT2D eigenvalue weighted by molar-refractivity contribution is -0.120. The highest BCUT2D eigenvalue weighted by atomic mass is 35.5. The lowest BCUT2D eigenvalue weighted by atomic mass is 10.0. The molecule has 0 bridgehead atoms. The fourth-order valence-corrected chi connectivity index (χ4v) is 3.68. The topological polar surface area (TPSA) is 67.9 Å². The molecule has 8 heteroatoms. The zero-order valence-electron chi connectivity index (χ0n) is 15.9. The van der Waals surface area contributed by atoms with Crippen molar-refractivity contribution in [2.45, 2.75) is 0 Å². The Hall–Kier alpha value is -3.84. The maximum Gasteiger partial charge on any atom is 0.282 e. The Kier molecular flexibility index (Phi) is 4.60. The molecular formula is C23H14ClFN2O4. The molecule has 3 aromatic carbocycles. The minimum atomic E-state index is -0.552. The van der Waals surface area contributed by atoms with Crippen molar-refractivity contribution in [3.8, 4) is 11.5 Å². The van der Waals surface area contributed by atoms with Crippen LogP contribution < -0.4 is 19.7 Å². The summed E-state index contributed by atoms with van der Waals surface area (Å²) < 4.78 is 24.2. The number of carbonyl (C=O) groups is 2. The maximum absolute atomic E-state index is 13.5. The maximum atomic E-state index is 13.5. The summed E-state index contributed by atoms with van der Waals surface area (Å²) in [5, 5.41) is 3.42. The Balaban J connectivity index is 1.60. The minimum Gasteiger partial charge on any atom is -0.454 e. The Morgan fingerprint density at radius 1 is 0.903 bits per heavy atom. The van der Waals surface area contributed by atoms with E-state index in [1.807, 2.05) is 0 Å². The number of carbonyl (C=O) groups excluding carboxylic acids is 2. The average Bonchev–Trinajstić information content (AvgIpc) is 3.31. The van der Waals surface area contributed by atoms with E-state index in [-0.39, 0.29) is 18.1 Å². The van der Waals surface area contributed by atoms with E-state index in [1.54, 1.807) is 36.4 Å². The number of rotatable bonds is 4. The van der Waals surface area contributed by atoms with Crippen LogP contribution in [0.25, 0.3) is 5.57 Å². The minimum absolute atomic E-state index is 0.0652. The Bertz CT molecular complexity index is 1260. The molecule has 2 amide bonds. The van der Waals surface area contributed by atoms with Crippen molar-refractivity contribution in [2.24, 2.45) is 0 Å². The third kappa shape index (κ3) is 3.39. The predicted octanol–water partition coefficient (Wildman–Crippen LogP) is 4.60. The zero-order valence-corrected chi connectivity index (χ0v) is 16.7. The van der Waals surface area contributed by atoms with Gasteiger partial charge in [0.2, 0.25) is 6.79 Å². The smallest absolute Gasteiger partial charge is 0.282 e. The Morgan fingerprint density at radius 2 is 1.68 bits per heavy atom. The fraction of sp³-hybridized carbons (Fsp3) is 0.0435. The molecule has 2 aliphatic rings. The molecule has 2 heterocycles. The molecule has 31 heavy (non-hydrogen) atoms. The van der Waals surface area contributed by atoms with Crippen LogP contribution in [0.4, 0.5) is 15.8 Å². The first-order chi connectivity index (χ1) is 15.0. The van der Waals surface area contributed by atoms with Crippen molar-refractivity contribution >= 4 is 40.4 Å². The number of nitrogens with one attached hydrogen (secondary N) is 1. The first-order valence-corrected chi connectivity index (χ1v) is 9.70. The van der Waals surface area contributed by atoms with E-state index < -0.39 is 17.6 Å². The number of fused-ring (bicyclic) bond motifs is 1. The summed E-state index contributed by atoms with van der Waals surface area (Å²) in [5.74, 6) is -0.422. The molecule has 6 nitrogen and oxygen atoms in total. The fourth-order valence-electron chi connectivity index (χ4n) is 3.50. The molecule has 0 aliphatic carbocycles. The van der Waals surface area contributed by atoms with E-state index in [0.717, 1.165) is 4.90 Å². The second-order valence-corrected chi connectivity index (χ2v) is 7.31. The van der Waals surface area contributed by atoms with Crippen LogP contribution in [0.5, 0.6) is 11.5 Å². The van der Waals surface area contributed by atoms with Crippen LogP contribution in [0.15, 0.2) is 72.4 Å². The quantitative estimate of drug-likeness (QED) is 0.605. The molecule has 1 N–H and O–H groups in total. The van der Waals surface area contributed by atoms with E-state index in [9.17, 15) is 14.0 Å². The zero-order chi connectivity index (χ0) is 21.5. The number of hydrogen-bond donors (Lipinski definition) is 1. The van der Waals surface area contributed by atoms with Crippen molar-refractivity contribution in [1.29, 1.82) is 0 Å². The average molecular weight is 437 g/mol. The largest absolute Gasteiger partial charge is 0.454 e. The van der Waals surface area contributed by atoms with Gasteiger partial charge in [0, 0.05) is 16.8 Å². The van der Waals surface area contributed by atoms with Gasteiger partial charge in [0.25, 0.3) is 11.8 Å². The van der Waals surface area contributed by atoms with Crippen LogP contribution in [-0.2, 0) is 9.59 Å². The second-order valence-electron chi connectivity index (χ2n) is 6.88. The number of amides is 2. The number of hydrogen-bond acceptors (Lipinski definition) is 5. The van der Waals surface area contributed by atoms with E-state index >= 15 is 0 Å². The van der Waals surface area contributed by atoms with Gasteiger partial charge >= 0.3 is 0 Å². The van der Waals surface area contributed by atoms with Crippen molar-refractivity contribution in [1.82, 2.24) is 0 Å². The van der Waals surface area contributed by atoms with E-state index in [0.29, 0.717) is 33.5 Å². The molecular weight excluding hydrogens is 423 g/mol. The summed E-state index contributed by atoms with van der Waals surface area (Å²) in [4.78, 5) is 27.7. The Labute approximate surface area is 181 Å². The highest BCUT2D eigenvalue weighted by Gasteiger charge is 2.40. The molecule has 0 saturated heterocycles. The third-order valence-corrected chi connectivity index (χ3v) is 5.16. The number of benzene rings is 3. The highest BCUT2D eigenvalue weighted by molar-refractivity contribution is 6.46. The van der Waals surface area contributed by atoms with Gasteiger partial charge in [0.15, 0.2) is 11.5 Å². The van der Waals surface area contributed by atoms with Crippen LogP contribution in [0.2, 0.25) is 5.02 Å². The lowest BCUT2D eigenvalue weighted by Gasteiger charge is -2.15. The van der Waals surface area contributed by atoms with Gasteiger partial charge in [0.05, 0.1) is 11.3 Å². The highest BCUT2D eigenvalue weighted by Crippen LogP contribution is 2.38. The van der Waals surface area contributed by atoms with Gasteiger partial charge in [-0.1, -0.05) is 29.8 Å². The first-order valence-electron chi connectivity index (χ1n) is 9.32. The molecule has 0 aromatic heterocycles. The second kappa shape index (κ2) is 7.45. The van der Waals surface area contributed by atoms with E-state index in [2.05, 4.69) is 5.32 Å². The summed E-state index contributed by atoms with van der Waals surface area (Å²) >= 11 is 6.06. The monoisotopic (exact) mass is 436 g/mol. The van der Waals surface area contributed by atoms with Crippen LogP contribution in [-0.4, -0.2) is 18.6 Å². The van der Waals surface area contributed by atoms with Crippen LogP contribution in [0.3, 0.4) is 0 Å². The summed E-state index contributed by atoms with van der Waals surface area (Å²) in [5.41, 5.74) is 1.48. The molecule has 0 fully saturated rings. The van der Waals surface area contributed by atoms with Gasteiger partial charge in [-0.2, -0.15) is 0 Å². The van der Waals surface area contributed by atoms with Gasteiger partial charge in [0.1, 0.15) is 11.5 Å². The van der Waals surface area contributed by atoms with Gasteiger partial charge < -0.3 is 14.8 Å². The van der Waals surface area contributed by atoms with E-state index in [4.69, 9.17) is 21.1 Å². The van der Waals surface area contributed by atoms with Crippen molar-refractivity contribution in [2.75, 3.05) is 17.0 Å². The van der Waals surface area contributed by atoms with Gasteiger partial charge in [-0.05, 0) is 48.0 Å². The molecule has 0 saturated carbocycles. The van der Waals surface area contributed by atoms with Crippen LogP contribution in [0.1, 0.15) is 5.56 Å². The summed E-state index contributed by atoms with van der Waals surface area (Å²) in [6, 6.07) is 16.9. The number of halogens is 2. The van der Waals surface area contributed by atoms with Gasteiger partial charge in [-0.3, -0.25) is 9.59 Å². The third-order valence-electron chi connectivity index (χ3n) is 4.93. The molecule has 0 radical (unpaired) electrons. The lowest BCUT2D eigenvalue weighted by Crippen LogP contribution is -2.32. The molecule has 3 aromatic rings.